The smallest absolute Gasteiger partial charge is 0.255 e. The number of ether oxygens (including phenoxy) is 1. The summed E-state index contributed by atoms with van der Waals surface area (Å²) in [7, 11) is 0. The van der Waals surface area contributed by atoms with Crippen LogP contribution in [0.1, 0.15) is 125 Å². The number of halogens is 5. The standard InChI is InChI=1S/C25H19ClN4O.C24H23ClN4O.C23H21ClN4O2.C23H21ClN4O.C22H21ClN4O/c26-22-14-13-20(16-21(22)23-8-4-5-15-28-23)30-25(31)18-11-9-17(10-12-18)24(27)29-19-6-2-1-3-7-19;25-21-12-11-19(16-20(21)22-6-2-3-13-27-22)28-24(30)18-9-7-17(8-10-18)23(26)29-14-4-1-5-15-29;24-20-9-8-18(15-19(20)21-3-1-2-10-26-21)27-23(29)17-6-4-16(5-7-17)22(25)28-11-13-30-14-12-28;24-20-11-10-18(15-19(20)21-5-1-2-12-26-21)27-23(29)17-8-6-16(7-9-17)22(25)28-13-3-4-14-28;1-2-12-26-21(24)15-6-8-16(9-7-15)22(28)27-17-10-11-19(23)18(14-17)20-5-3-4-13-25-20/h1-16H,(H2,27,29)(H,30,31);2-3,6-13,16,26H,1,4-5,14-15H2,(H,28,30);1-10,15,25H,11-14H2,(H,27,29);1-2,5-12,15,25H,3-4,13-14H2,(H,27,29);3-11,13-14H,2,12H2,1H3,(H2,24,26)(H,27,28). The molecule has 0 unspecified atom stereocenters. The van der Waals surface area contributed by atoms with Crippen molar-refractivity contribution in [2.45, 2.75) is 45.4 Å². The molecule has 0 spiro atoms. The lowest BCUT2D eigenvalue weighted by Gasteiger charge is -2.29. The first-order chi connectivity index (χ1) is 72.0. The van der Waals surface area contributed by atoms with Crippen molar-refractivity contribution in [3.63, 3.8) is 0 Å². The highest BCUT2D eigenvalue weighted by atomic mass is 35.5. The number of nitrogens with zero attached hydrogens (tertiary/aromatic N) is 10. The molecule has 12 N–H and O–H groups in total. The number of rotatable bonds is 23. The summed E-state index contributed by atoms with van der Waals surface area (Å²) in [5, 5.41) is 42.5. The second kappa shape index (κ2) is 52.7. The Kier molecular flexibility index (Phi) is 37.6. The van der Waals surface area contributed by atoms with Gasteiger partial charge in [0.05, 0.1) is 72.5 Å². The maximum Gasteiger partial charge on any atom is 0.255 e. The number of piperidine rings is 1. The highest BCUT2D eigenvalue weighted by Gasteiger charge is 2.23. The molecule has 31 heteroatoms. The van der Waals surface area contributed by atoms with E-state index in [9.17, 15) is 24.0 Å². The Balaban J connectivity index is 0.000000139. The third kappa shape index (κ3) is 29.3. The number of carbonyl (C=O) groups excluding carboxylic acids is 5. The monoisotopic (exact) mass is 2060 g/mol. The third-order valence-corrected chi connectivity index (χ3v) is 25.6. The largest absolute Gasteiger partial charge is 0.384 e. The molecule has 19 rings (SSSR count). The van der Waals surface area contributed by atoms with E-state index in [1.165, 1.54) is 6.42 Å². The van der Waals surface area contributed by atoms with E-state index in [0.29, 0.717) is 143 Å². The van der Waals surface area contributed by atoms with E-state index in [-0.39, 0.29) is 29.5 Å². The first kappa shape index (κ1) is 106. The van der Waals surface area contributed by atoms with Crippen LogP contribution < -0.4 is 38.1 Å². The van der Waals surface area contributed by atoms with Gasteiger partial charge in [-0.1, -0.05) is 174 Å². The van der Waals surface area contributed by atoms with Crippen LogP contribution in [0, 0.1) is 16.2 Å². The van der Waals surface area contributed by atoms with Gasteiger partial charge in [-0.3, -0.25) is 70.1 Å². The SMILES string of the molecule is CCCN=C(N)c1ccc(C(=O)Nc2ccc(Cl)c(-c3ccccn3)c2)cc1.N=C(c1ccc(C(=O)Nc2ccc(Cl)c(-c3ccccn3)c2)cc1)N1CCCC1.N=C(c1ccc(C(=O)Nc2ccc(Cl)c(-c3ccccn3)c2)cc1)N1CCCCC1.N=C(c1ccc(C(=O)Nc2ccc(Cl)c(-c3ccccn3)c2)cc1)N1CCOCC1.NC(=Nc1ccccc1)c1ccc(C(=O)Nc2ccc(Cl)c(-c3ccccn3)c2)cc1. The van der Waals surface area contributed by atoms with E-state index in [1.807, 2.05) is 182 Å². The highest BCUT2D eigenvalue weighted by Crippen LogP contribution is 2.36. The van der Waals surface area contributed by atoms with Gasteiger partial charge in [-0.2, -0.15) is 0 Å². The number of hydrogen-bond donors (Lipinski definition) is 10. The van der Waals surface area contributed by atoms with Crippen LogP contribution in [0.2, 0.25) is 25.1 Å². The molecule has 0 atom stereocenters. The molecule has 0 radical (unpaired) electrons. The normalized spacial score (nSPS) is 12.6. The lowest BCUT2D eigenvalue weighted by atomic mass is 10.1. The number of nitrogens with two attached hydrogens (primary N) is 2. The van der Waals surface area contributed by atoms with Crippen molar-refractivity contribution in [3.05, 3.63) is 445 Å². The summed E-state index contributed by atoms with van der Waals surface area (Å²) in [5.41, 5.74) is 30.1. The number of benzene rings is 11. The number of carbonyl (C=O) groups is 5. The van der Waals surface area contributed by atoms with Gasteiger partial charge in [-0.25, -0.2) is 4.99 Å². The van der Waals surface area contributed by atoms with Crippen molar-refractivity contribution < 1.29 is 28.7 Å². The fraction of sp³-hybridized carbons (Fsp3) is 0.137. The van der Waals surface area contributed by atoms with Crippen LogP contribution in [-0.2, 0) is 4.74 Å². The summed E-state index contributed by atoms with van der Waals surface area (Å²) in [6.07, 6.45) is 15.2. The lowest BCUT2D eigenvalue weighted by Crippen LogP contribution is -2.40. The van der Waals surface area contributed by atoms with Gasteiger partial charge in [-0.15, -0.1) is 0 Å². The minimum atomic E-state index is -0.237. The topological polar surface area (TPSA) is 377 Å². The van der Waals surface area contributed by atoms with Crippen LogP contribution in [0.3, 0.4) is 0 Å². The van der Waals surface area contributed by atoms with Crippen molar-refractivity contribution in [1.82, 2.24) is 39.6 Å². The zero-order chi connectivity index (χ0) is 104. The van der Waals surface area contributed by atoms with Gasteiger partial charge in [0.2, 0.25) is 0 Å². The van der Waals surface area contributed by atoms with Crippen molar-refractivity contribution >= 4 is 151 Å². The second-order valence-electron chi connectivity index (χ2n) is 34.2. The average Bonchev–Trinajstić information content (AvgIpc) is 1.58. The van der Waals surface area contributed by atoms with Crippen LogP contribution in [0.5, 0.6) is 0 Å². The first-order valence-corrected chi connectivity index (χ1v) is 49.8. The number of hydrogen-bond acceptors (Lipinski definition) is 16. The number of amidine groups is 5. The summed E-state index contributed by atoms with van der Waals surface area (Å²) in [5.74, 6) is 1.26. The molecular weight excluding hydrogens is 1960 g/mol. The van der Waals surface area contributed by atoms with E-state index in [4.69, 9.17) is 90.4 Å². The fourth-order valence-corrected chi connectivity index (χ4v) is 17.0. The number of aliphatic imine (C=N–C) groups is 2. The molecule has 3 saturated heterocycles. The van der Waals surface area contributed by atoms with Crippen LogP contribution in [0.4, 0.5) is 34.1 Å². The van der Waals surface area contributed by atoms with E-state index in [0.717, 1.165) is 148 Å². The number of likely N-dealkylation sites (tertiary alicyclic amines) is 2. The number of nitrogens with one attached hydrogen (secondary N) is 8. The van der Waals surface area contributed by atoms with E-state index < -0.39 is 0 Å². The molecule has 11 aromatic carbocycles. The molecular formula is C117H105Cl5N20O6. The van der Waals surface area contributed by atoms with Crippen molar-refractivity contribution in [3.8, 4) is 56.3 Å². The van der Waals surface area contributed by atoms with Gasteiger partial charge < -0.3 is 57.5 Å². The molecule has 0 saturated carbocycles. The number of morpholine rings is 1. The molecule has 5 amide bonds. The first-order valence-electron chi connectivity index (χ1n) is 47.9. The predicted octanol–water partition coefficient (Wildman–Crippen LogP) is 25.3. The number of aromatic nitrogens is 5. The summed E-state index contributed by atoms with van der Waals surface area (Å²) >= 11 is 31.5. The maximum absolute atomic E-state index is 12.7. The summed E-state index contributed by atoms with van der Waals surface area (Å²) in [6, 6.07) is 99.6. The van der Waals surface area contributed by atoms with Crippen LogP contribution in [-0.4, -0.2) is 157 Å². The van der Waals surface area contributed by atoms with Gasteiger partial charge in [0, 0.05) is 189 Å². The minimum Gasteiger partial charge on any atom is -0.384 e. The Bertz CT molecular complexity index is 7190. The number of para-hydroxylation sites is 1. The van der Waals surface area contributed by atoms with Crippen LogP contribution >= 0.6 is 58.0 Å². The molecule has 0 aliphatic carbocycles. The Morgan fingerprint density at radius 2 is 0.534 bits per heavy atom. The molecule has 3 aliphatic heterocycles. The van der Waals surface area contributed by atoms with Crippen molar-refractivity contribution in [2.75, 3.05) is 85.6 Å². The van der Waals surface area contributed by atoms with Crippen LogP contribution in [0.15, 0.2) is 375 Å². The third-order valence-electron chi connectivity index (χ3n) is 23.9. The molecule has 0 bridgehead atoms. The summed E-state index contributed by atoms with van der Waals surface area (Å²) in [4.78, 5) is 99.8. The van der Waals surface area contributed by atoms with Gasteiger partial charge in [-0.05, 0) is 263 Å². The number of amides is 5. The van der Waals surface area contributed by atoms with Crippen LogP contribution in [0.25, 0.3) is 56.3 Å². The molecule has 16 aromatic rings. The number of pyridine rings is 5. The molecule has 8 heterocycles. The Morgan fingerprint density at radius 3 is 0.791 bits per heavy atom. The Labute approximate surface area is 883 Å². The molecule has 3 fully saturated rings. The predicted molar refractivity (Wildman–Crippen MR) is 597 cm³/mol. The van der Waals surface area contributed by atoms with Crippen molar-refractivity contribution in [2.24, 2.45) is 21.5 Å². The average molecular weight is 2060 g/mol. The Morgan fingerprint density at radius 1 is 0.297 bits per heavy atom. The van der Waals surface area contributed by atoms with Gasteiger partial charge >= 0.3 is 0 Å². The number of anilines is 5. The maximum atomic E-state index is 12.7. The van der Waals surface area contributed by atoms with Gasteiger partial charge in [0.1, 0.15) is 29.2 Å². The molecule has 26 nitrogen and oxygen atoms in total. The van der Waals surface area contributed by atoms with E-state index >= 15 is 0 Å². The van der Waals surface area contributed by atoms with Crippen molar-refractivity contribution in [1.29, 1.82) is 16.2 Å². The fourth-order valence-electron chi connectivity index (χ4n) is 16.0. The molecule has 3 aliphatic rings. The quantitative estimate of drug-likeness (QED) is 0.0210. The Hall–Kier alpha value is -16.7. The molecule has 148 heavy (non-hydrogen) atoms. The van der Waals surface area contributed by atoms with E-state index in [2.05, 4.69) is 71.3 Å². The lowest BCUT2D eigenvalue weighted by molar-refractivity contribution is 0.0680. The molecule has 744 valence electrons. The van der Waals surface area contributed by atoms with Gasteiger partial charge in [0.25, 0.3) is 29.5 Å². The summed E-state index contributed by atoms with van der Waals surface area (Å²) in [6.45, 7) is 9.10. The minimum absolute atomic E-state index is 0.208. The summed E-state index contributed by atoms with van der Waals surface area (Å²) < 4.78 is 5.33. The van der Waals surface area contributed by atoms with Gasteiger partial charge in [0.15, 0.2) is 0 Å². The zero-order valence-corrected chi connectivity index (χ0v) is 84.5. The molecule has 5 aromatic heterocycles. The zero-order valence-electron chi connectivity index (χ0n) is 80.7. The van der Waals surface area contributed by atoms with E-state index in [1.54, 1.807) is 195 Å². The second-order valence-corrected chi connectivity index (χ2v) is 36.2. The highest BCUT2D eigenvalue weighted by molar-refractivity contribution is 6.35.